The summed E-state index contributed by atoms with van der Waals surface area (Å²) < 4.78 is 1.18. The number of hydrogen-bond acceptors (Lipinski definition) is 4. The molecule has 0 radical (unpaired) electrons. The molecule has 1 aromatic heterocycles. The van der Waals surface area contributed by atoms with Crippen LogP contribution in [0, 0.1) is 17.2 Å². The zero-order valence-corrected chi connectivity index (χ0v) is 9.96. The molecular formula is C12H16N4O. The van der Waals surface area contributed by atoms with Crippen molar-refractivity contribution in [1.29, 1.82) is 5.26 Å². The zero-order valence-electron chi connectivity index (χ0n) is 9.96. The van der Waals surface area contributed by atoms with E-state index in [9.17, 15) is 4.79 Å². The molecule has 5 heteroatoms. The van der Waals surface area contributed by atoms with E-state index < -0.39 is 0 Å². The van der Waals surface area contributed by atoms with Crippen LogP contribution < -0.4 is 10.5 Å². The maximum atomic E-state index is 11.7. The summed E-state index contributed by atoms with van der Waals surface area (Å²) in [4.78, 5) is 13.8. The second-order valence-electron chi connectivity index (χ2n) is 4.54. The van der Waals surface area contributed by atoms with Gasteiger partial charge in [0.15, 0.2) is 0 Å². The summed E-state index contributed by atoms with van der Waals surface area (Å²) in [7, 11) is 0. The number of piperidine rings is 1. The van der Waals surface area contributed by atoms with E-state index in [1.807, 2.05) is 6.07 Å². The van der Waals surface area contributed by atoms with Crippen molar-refractivity contribution in [1.82, 2.24) is 9.78 Å². The first-order valence-electron chi connectivity index (χ1n) is 5.90. The highest BCUT2D eigenvalue weighted by molar-refractivity contribution is 5.43. The van der Waals surface area contributed by atoms with Gasteiger partial charge in [0.25, 0.3) is 5.56 Å². The highest BCUT2D eigenvalue weighted by Gasteiger charge is 2.16. The Hall–Kier alpha value is -1.83. The van der Waals surface area contributed by atoms with E-state index >= 15 is 0 Å². The van der Waals surface area contributed by atoms with Gasteiger partial charge in [-0.2, -0.15) is 10.4 Å². The van der Waals surface area contributed by atoms with Crippen LogP contribution in [-0.2, 0) is 6.54 Å². The van der Waals surface area contributed by atoms with Crippen molar-refractivity contribution >= 4 is 5.69 Å². The Bertz CT molecular complexity index is 480. The van der Waals surface area contributed by atoms with Gasteiger partial charge >= 0.3 is 0 Å². The summed E-state index contributed by atoms with van der Waals surface area (Å²) in [6, 6.07) is 3.49. The van der Waals surface area contributed by atoms with Crippen LogP contribution in [0.25, 0.3) is 0 Å². The van der Waals surface area contributed by atoms with Crippen LogP contribution in [0.4, 0.5) is 5.69 Å². The van der Waals surface area contributed by atoms with Gasteiger partial charge in [0, 0.05) is 19.2 Å². The monoisotopic (exact) mass is 232 g/mol. The third-order valence-corrected chi connectivity index (χ3v) is 3.22. The molecule has 1 aliphatic rings. The summed E-state index contributed by atoms with van der Waals surface area (Å²) in [5, 5.41) is 12.5. The van der Waals surface area contributed by atoms with Crippen molar-refractivity contribution < 1.29 is 0 Å². The lowest BCUT2D eigenvalue weighted by Gasteiger charge is -2.31. The molecule has 0 amide bonds. The van der Waals surface area contributed by atoms with Crippen molar-refractivity contribution in [3.05, 3.63) is 22.6 Å². The van der Waals surface area contributed by atoms with Crippen molar-refractivity contribution in [2.45, 2.75) is 26.3 Å². The van der Waals surface area contributed by atoms with Gasteiger partial charge in [-0.3, -0.25) is 4.79 Å². The average Bonchev–Trinajstić information content (AvgIpc) is 2.33. The van der Waals surface area contributed by atoms with Crippen LogP contribution in [-0.4, -0.2) is 22.9 Å². The van der Waals surface area contributed by atoms with Gasteiger partial charge < -0.3 is 4.90 Å². The lowest BCUT2D eigenvalue weighted by molar-refractivity contribution is 0.437. The van der Waals surface area contributed by atoms with Gasteiger partial charge in [0.1, 0.15) is 6.54 Å². The largest absolute Gasteiger partial charge is 0.370 e. The molecule has 17 heavy (non-hydrogen) atoms. The Morgan fingerprint density at radius 3 is 2.82 bits per heavy atom. The Kier molecular flexibility index (Phi) is 3.43. The van der Waals surface area contributed by atoms with E-state index in [2.05, 4.69) is 16.9 Å². The molecule has 0 spiro atoms. The van der Waals surface area contributed by atoms with E-state index in [1.165, 1.54) is 4.68 Å². The summed E-state index contributed by atoms with van der Waals surface area (Å²) in [5.74, 6) is 0.762. The SMILES string of the molecule is CC1CCN(c2cnn(CC#N)c(=O)c2)CC1. The maximum Gasteiger partial charge on any atom is 0.269 e. The molecular weight excluding hydrogens is 216 g/mol. The molecule has 2 rings (SSSR count). The molecule has 0 aliphatic carbocycles. The minimum absolute atomic E-state index is 0.0101. The summed E-state index contributed by atoms with van der Waals surface area (Å²) in [6.45, 7) is 4.21. The average molecular weight is 232 g/mol. The van der Waals surface area contributed by atoms with E-state index in [0.29, 0.717) is 0 Å². The molecule has 1 fully saturated rings. The van der Waals surface area contributed by atoms with Gasteiger partial charge in [0.2, 0.25) is 0 Å². The third kappa shape index (κ3) is 2.64. The summed E-state index contributed by atoms with van der Waals surface area (Å²) >= 11 is 0. The molecule has 0 aromatic carbocycles. The molecule has 1 aromatic rings. The van der Waals surface area contributed by atoms with Crippen LogP contribution in [0.2, 0.25) is 0 Å². The fourth-order valence-electron chi connectivity index (χ4n) is 2.05. The van der Waals surface area contributed by atoms with Gasteiger partial charge in [-0.25, -0.2) is 4.68 Å². The highest BCUT2D eigenvalue weighted by Crippen LogP contribution is 2.20. The van der Waals surface area contributed by atoms with Gasteiger partial charge in [0.05, 0.1) is 18.0 Å². The number of rotatable bonds is 2. The fourth-order valence-corrected chi connectivity index (χ4v) is 2.05. The lowest BCUT2D eigenvalue weighted by atomic mass is 9.99. The number of nitrogens with zero attached hydrogens (tertiary/aromatic N) is 4. The molecule has 0 saturated carbocycles. The number of anilines is 1. The first-order valence-corrected chi connectivity index (χ1v) is 5.90. The maximum absolute atomic E-state index is 11.7. The molecule has 0 bridgehead atoms. The number of nitriles is 1. The highest BCUT2D eigenvalue weighted by atomic mass is 16.1. The predicted molar refractivity (Wildman–Crippen MR) is 64.7 cm³/mol. The van der Waals surface area contributed by atoms with Crippen LogP contribution in [0.5, 0.6) is 0 Å². The summed E-state index contributed by atoms with van der Waals surface area (Å²) in [5.41, 5.74) is 0.666. The van der Waals surface area contributed by atoms with Crippen molar-refractivity contribution in [3.63, 3.8) is 0 Å². The predicted octanol–water partition coefficient (Wildman–Crippen LogP) is 1.00. The Labute approximate surface area is 100 Å². The van der Waals surface area contributed by atoms with E-state index in [0.717, 1.165) is 37.5 Å². The Balaban J connectivity index is 2.15. The molecule has 2 heterocycles. The van der Waals surface area contributed by atoms with Crippen LogP contribution in [0.3, 0.4) is 0 Å². The van der Waals surface area contributed by atoms with Gasteiger partial charge in [-0.15, -0.1) is 0 Å². The van der Waals surface area contributed by atoms with Gasteiger partial charge in [-0.1, -0.05) is 6.92 Å². The van der Waals surface area contributed by atoms with E-state index in [4.69, 9.17) is 5.26 Å². The second-order valence-corrected chi connectivity index (χ2v) is 4.54. The Morgan fingerprint density at radius 2 is 2.24 bits per heavy atom. The van der Waals surface area contributed by atoms with Crippen molar-refractivity contribution in [3.8, 4) is 6.07 Å². The Morgan fingerprint density at radius 1 is 1.53 bits per heavy atom. The molecule has 5 nitrogen and oxygen atoms in total. The van der Waals surface area contributed by atoms with E-state index in [-0.39, 0.29) is 12.1 Å². The van der Waals surface area contributed by atoms with E-state index in [1.54, 1.807) is 12.3 Å². The number of aromatic nitrogens is 2. The van der Waals surface area contributed by atoms with Crippen LogP contribution >= 0.6 is 0 Å². The van der Waals surface area contributed by atoms with Crippen LogP contribution in [0.1, 0.15) is 19.8 Å². The quantitative estimate of drug-likeness (QED) is 0.763. The molecule has 0 atom stereocenters. The second kappa shape index (κ2) is 5.00. The molecule has 90 valence electrons. The smallest absolute Gasteiger partial charge is 0.269 e. The van der Waals surface area contributed by atoms with Gasteiger partial charge in [-0.05, 0) is 18.8 Å². The first kappa shape index (κ1) is 11.6. The first-order chi connectivity index (χ1) is 8.20. The van der Waals surface area contributed by atoms with Crippen LogP contribution in [0.15, 0.2) is 17.1 Å². The minimum atomic E-state index is -0.206. The number of hydrogen-bond donors (Lipinski definition) is 0. The minimum Gasteiger partial charge on any atom is -0.370 e. The third-order valence-electron chi connectivity index (χ3n) is 3.22. The van der Waals surface area contributed by atoms with Crippen molar-refractivity contribution in [2.24, 2.45) is 5.92 Å². The topological polar surface area (TPSA) is 61.9 Å². The molecule has 1 saturated heterocycles. The normalized spacial score (nSPS) is 16.8. The fraction of sp³-hybridized carbons (Fsp3) is 0.583. The standard InChI is InChI=1S/C12H16N4O/c1-10-2-5-15(6-3-10)11-8-12(17)16(7-4-13)14-9-11/h8-10H,2-3,5-7H2,1H3. The zero-order chi connectivity index (χ0) is 12.3. The lowest BCUT2D eigenvalue weighted by Crippen LogP contribution is -2.34. The molecule has 0 N–H and O–H groups in total. The van der Waals surface area contributed by atoms with Crippen molar-refractivity contribution in [2.75, 3.05) is 18.0 Å². The summed E-state index contributed by atoms with van der Waals surface area (Å²) in [6.07, 6.45) is 3.98. The molecule has 1 aliphatic heterocycles. The molecule has 0 unspecified atom stereocenters.